The van der Waals surface area contributed by atoms with Crippen molar-refractivity contribution in [3.05, 3.63) is 54.4 Å². The smallest absolute Gasteiger partial charge is 0.358 e. The second-order valence-electron chi connectivity index (χ2n) is 4.68. The molecule has 0 amide bonds. The van der Waals surface area contributed by atoms with Crippen LogP contribution in [0.4, 0.5) is 5.69 Å². The maximum atomic E-state index is 11.0. The van der Waals surface area contributed by atoms with Gasteiger partial charge in [0.2, 0.25) is 0 Å². The van der Waals surface area contributed by atoms with Gasteiger partial charge in [-0.3, -0.25) is 0 Å². The van der Waals surface area contributed by atoms with Crippen molar-refractivity contribution in [2.24, 2.45) is 0 Å². The zero-order valence-electron chi connectivity index (χ0n) is 11.4. The number of aromatic hydroxyl groups is 1. The number of aromatic nitrogens is 1. The molecule has 22 heavy (non-hydrogen) atoms. The van der Waals surface area contributed by atoms with Crippen LogP contribution in [0.5, 0.6) is 17.2 Å². The SMILES string of the molecule is Nc1ccc(Oc2ccc3cnc(C(=O)O)c(O)c3c2)cc1. The quantitative estimate of drug-likeness (QED) is 0.641. The summed E-state index contributed by atoms with van der Waals surface area (Å²) in [5.74, 6) is -0.618. The average molecular weight is 296 g/mol. The Labute approximate surface area is 125 Å². The lowest BCUT2D eigenvalue weighted by molar-refractivity contribution is 0.0687. The molecule has 0 aliphatic heterocycles. The highest BCUT2D eigenvalue weighted by molar-refractivity contribution is 5.98. The highest BCUT2D eigenvalue weighted by atomic mass is 16.5. The van der Waals surface area contributed by atoms with Crippen molar-refractivity contribution in [2.45, 2.75) is 0 Å². The van der Waals surface area contributed by atoms with Crippen molar-refractivity contribution in [1.82, 2.24) is 4.98 Å². The van der Waals surface area contributed by atoms with E-state index in [0.717, 1.165) is 0 Å². The molecule has 0 bridgehead atoms. The Hall–Kier alpha value is -3.28. The van der Waals surface area contributed by atoms with E-state index in [2.05, 4.69) is 4.98 Å². The summed E-state index contributed by atoms with van der Waals surface area (Å²) in [4.78, 5) is 14.7. The van der Waals surface area contributed by atoms with Crippen molar-refractivity contribution in [3.63, 3.8) is 0 Å². The zero-order valence-corrected chi connectivity index (χ0v) is 11.4. The zero-order chi connectivity index (χ0) is 15.7. The summed E-state index contributed by atoms with van der Waals surface area (Å²) in [7, 11) is 0. The lowest BCUT2D eigenvalue weighted by Gasteiger charge is -2.09. The van der Waals surface area contributed by atoms with Gasteiger partial charge in [0.05, 0.1) is 0 Å². The van der Waals surface area contributed by atoms with E-state index in [1.54, 1.807) is 42.5 Å². The fraction of sp³-hybridized carbons (Fsp3) is 0. The van der Waals surface area contributed by atoms with Crippen molar-refractivity contribution >= 4 is 22.4 Å². The third-order valence-corrected chi connectivity index (χ3v) is 3.16. The Morgan fingerprint density at radius 2 is 1.77 bits per heavy atom. The minimum atomic E-state index is -1.29. The topological polar surface area (TPSA) is 106 Å². The van der Waals surface area contributed by atoms with E-state index in [0.29, 0.717) is 28.0 Å². The summed E-state index contributed by atoms with van der Waals surface area (Å²) < 4.78 is 5.66. The second-order valence-corrected chi connectivity index (χ2v) is 4.68. The van der Waals surface area contributed by atoms with E-state index in [1.165, 1.54) is 6.20 Å². The highest BCUT2D eigenvalue weighted by Crippen LogP contribution is 2.32. The molecule has 0 aliphatic rings. The van der Waals surface area contributed by atoms with Gasteiger partial charge in [-0.05, 0) is 42.5 Å². The molecule has 0 unspecified atom stereocenters. The first-order valence-corrected chi connectivity index (χ1v) is 6.43. The third-order valence-electron chi connectivity index (χ3n) is 3.16. The molecule has 1 aromatic heterocycles. The lowest BCUT2D eigenvalue weighted by atomic mass is 10.1. The van der Waals surface area contributed by atoms with Gasteiger partial charge in [0, 0.05) is 22.7 Å². The van der Waals surface area contributed by atoms with Crippen LogP contribution in [0.25, 0.3) is 10.8 Å². The van der Waals surface area contributed by atoms with Gasteiger partial charge in [0.15, 0.2) is 11.4 Å². The average Bonchev–Trinajstić information content (AvgIpc) is 2.50. The summed E-state index contributed by atoms with van der Waals surface area (Å²) in [6.45, 7) is 0. The van der Waals surface area contributed by atoms with Gasteiger partial charge < -0.3 is 20.7 Å². The largest absolute Gasteiger partial charge is 0.505 e. The number of nitrogens with zero attached hydrogens (tertiary/aromatic N) is 1. The molecule has 0 saturated heterocycles. The molecule has 6 nitrogen and oxygen atoms in total. The summed E-state index contributed by atoms with van der Waals surface area (Å²) in [5, 5.41) is 20.0. The Morgan fingerprint density at radius 1 is 1.09 bits per heavy atom. The van der Waals surface area contributed by atoms with Gasteiger partial charge in [-0.2, -0.15) is 0 Å². The Bertz CT molecular complexity index is 860. The van der Waals surface area contributed by atoms with Gasteiger partial charge in [-0.25, -0.2) is 9.78 Å². The number of benzene rings is 2. The van der Waals surface area contributed by atoms with Crippen molar-refractivity contribution in [1.29, 1.82) is 0 Å². The highest BCUT2D eigenvalue weighted by Gasteiger charge is 2.15. The molecular formula is C16H12N2O4. The monoisotopic (exact) mass is 296 g/mol. The summed E-state index contributed by atoms with van der Waals surface area (Å²) in [5.41, 5.74) is 5.84. The summed E-state index contributed by atoms with van der Waals surface area (Å²) in [6.07, 6.45) is 1.39. The van der Waals surface area contributed by atoms with Crippen LogP contribution in [0.3, 0.4) is 0 Å². The Balaban J connectivity index is 2.02. The fourth-order valence-electron chi connectivity index (χ4n) is 2.07. The Morgan fingerprint density at radius 3 is 2.45 bits per heavy atom. The van der Waals surface area contributed by atoms with Crippen LogP contribution in [0, 0.1) is 0 Å². The van der Waals surface area contributed by atoms with Crippen LogP contribution in [0.2, 0.25) is 0 Å². The van der Waals surface area contributed by atoms with E-state index in [9.17, 15) is 9.90 Å². The minimum Gasteiger partial charge on any atom is -0.505 e. The van der Waals surface area contributed by atoms with Crippen LogP contribution >= 0.6 is 0 Å². The molecule has 6 heteroatoms. The van der Waals surface area contributed by atoms with E-state index >= 15 is 0 Å². The molecule has 0 radical (unpaired) electrons. The van der Waals surface area contributed by atoms with Crippen LogP contribution < -0.4 is 10.5 Å². The number of fused-ring (bicyclic) bond motifs is 1. The maximum absolute atomic E-state index is 11.0. The van der Waals surface area contributed by atoms with E-state index in [-0.39, 0.29) is 5.75 Å². The first-order valence-electron chi connectivity index (χ1n) is 6.43. The lowest BCUT2D eigenvalue weighted by Crippen LogP contribution is -2.00. The van der Waals surface area contributed by atoms with Gasteiger partial charge in [0.25, 0.3) is 0 Å². The fourth-order valence-corrected chi connectivity index (χ4v) is 2.07. The van der Waals surface area contributed by atoms with Crippen molar-refractivity contribution < 1.29 is 19.7 Å². The molecule has 0 aliphatic carbocycles. The van der Waals surface area contributed by atoms with E-state index in [4.69, 9.17) is 15.6 Å². The van der Waals surface area contributed by atoms with Crippen LogP contribution in [-0.2, 0) is 0 Å². The number of pyridine rings is 1. The predicted molar refractivity (Wildman–Crippen MR) is 81.3 cm³/mol. The normalized spacial score (nSPS) is 10.5. The molecule has 0 saturated carbocycles. The van der Waals surface area contributed by atoms with Gasteiger partial charge in [-0.15, -0.1) is 0 Å². The molecule has 1 heterocycles. The molecule has 3 aromatic rings. The van der Waals surface area contributed by atoms with Crippen LogP contribution in [0.1, 0.15) is 10.5 Å². The number of nitrogens with two attached hydrogens (primary N) is 1. The van der Waals surface area contributed by atoms with Gasteiger partial charge in [-0.1, -0.05) is 0 Å². The number of hydrogen-bond donors (Lipinski definition) is 3. The molecule has 110 valence electrons. The van der Waals surface area contributed by atoms with Crippen LogP contribution in [-0.4, -0.2) is 21.2 Å². The molecule has 4 N–H and O–H groups in total. The molecule has 0 atom stereocenters. The number of rotatable bonds is 3. The molecule has 2 aromatic carbocycles. The number of nitrogen functional groups attached to an aromatic ring is 1. The minimum absolute atomic E-state index is 0.361. The number of ether oxygens (including phenoxy) is 1. The number of hydrogen-bond acceptors (Lipinski definition) is 5. The molecular weight excluding hydrogens is 284 g/mol. The van der Waals surface area contributed by atoms with Gasteiger partial charge in [0.1, 0.15) is 11.5 Å². The van der Waals surface area contributed by atoms with E-state index < -0.39 is 11.7 Å². The molecule has 0 spiro atoms. The van der Waals surface area contributed by atoms with Gasteiger partial charge >= 0.3 is 5.97 Å². The predicted octanol–water partition coefficient (Wildman–Crippen LogP) is 3.01. The number of carboxylic acid groups (broad SMARTS) is 1. The number of aromatic carboxylic acids is 1. The number of anilines is 1. The number of carboxylic acids is 1. The molecule has 3 rings (SSSR count). The number of carbonyl (C=O) groups is 1. The molecule has 0 fully saturated rings. The first kappa shape index (κ1) is 13.7. The van der Waals surface area contributed by atoms with Crippen molar-refractivity contribution in [2.75, 3.05) is 5.73 Å². The summed E-state index contributed by atoms with van der Waals surface area (Å²) >= 11 is 0. The first-order chi connectivity index (χ1) is 10.5. The van der Waals surface area contributed by atoms with Crippen molar-refractivity contribution in [3.8, 4) is 17.2 Å². The maximum Gasteiger partial charge on any atom is 0.358 e. The standard InChI is InChI=1S/C16H12N2O4/c17-10-2-5-11(6-3-10)22-12-4-1-9-8-18-14(16(20)21)15(19)13(9)7-12/h1-8,19H,17H2,(H,20,21). The Kier molecular flexibility index (Phi) is 3.27. The second kappa shape index (κ2) is 5.25. The van der Waals surface area contributed by atoms with E-state index in [1.807, 2.05) is 0 Å². The van der Waals surface area contributed by atoms with Crippen LogP contribution in [0.15, 0.2) is 48.7 Å². The summed E-state index contributed by atoms with van der Waals surface area (Å²) in [6, 6.07) is 11.8. The third kappa shape index (κ3) is 2.49.